The van der Waals surface area contributed by atoms with Crippen LogP contribution in [0.25, 0.3) is 0 Å². The lowest BCUT2D eigenvalue weighted by molar-refractivity contribution is -0.136. The van der Waals surface area contributed by atoms with E-state index >= 15 is 0 Å². The summed E-state index contributed by atoms with van der Waals surface area (Å²) in [6.07, 6.45) is 2.47. The van der Waals surface area contributed by atoms with E-state index in [-0.39, 0.29) is 11.8 Å². The van der Waals surface area contributed by atoms with Gasteiger partial charge >= 0.3 is 0 Å². The Morgan fingerprint density at radius 2 is 2.35 bits per heavy atom. The maximum absolute atomic E-state index is 12.1. The van der Waals surface area contributed by atoms with Crippen molar-refractivity contribution in [2.45, 2.75) is 26.8 Å². The molecule has 96 valence electrons. The predicted octanol–water partition coefficient (Wildman–Crippen LogP) is 2.30. The number of furan rings is 1. The molecular weight excluding hydrogens is 218 g/mol. The minimum atomic E-state index is 0.0434. The summed E-state index contributed by atoms with van der Waals surface area (Å²) in [7, 11) is 1.64. The van der Waals surface area contributed by atoms with Crippen molar-refractivity contribution in [3.63, 3.8) is 0 Å². The minimum Gasteiger partial charge on any atom is -0.467 e. The van der Waals surface area contributed by atoms with Gasteiger partial charge in [0.25, 0.3) is 0 Å². The summed E-state index contributed by atoms with van der Waals surface area (Å²) in [5.41, 5.74) is 0. The Balaban J connectivity index is 2.62. The minimum absolute atomic E-state index is 0.0434. The van der Waals surface area contributed by atoms with Gasteiger partial charge in [-0.2, -0.15) is 0 Å². The van der Waals surface area contributed by atoms with Gasteiger partial charge in [0.15, 0.2) is 0 Å². The molecule has 0 saturated heterocycles. The van der Waals surface area contributed by atoms with E-state index in [0.717, 1.165) is 12.2 Å². The van der Waals surface area contributed by atoms with E-state index in [0.29, 0.717) is 19.7 Å². The molecule has 0 aliphatic rings. The highest BCUT2D eigenvalue weighted by molar-refractivity contribution is 5.78. The smallest absolute Gasteiger partial charge is 0.225 e. The molecule has 0 spiro atoms. The first-order valence-electron chi connectivity index (χ1n) is 5.99. The molecule has 0 aromatic carbocycles. The van der Waals surface area contributed by atoms with Crippen LogP contribution in [-0.2, 0) is 16.1 Å². The lowest BCUT2D eigenvalue weighted by Crippen LogP contribution is -2.36. The summed E-state index contributed by atoms with van der Waals surface area (Å²) in [4.78, 5) is 13.9. The fourth-order valence-electron chi connectivity index (χ4n) is 1.55. The van der Waals surface area contributed by atoms with E-state index in [9.17, 15) is 4.79 Å². The first kappa shape index (κ1) is 13.8. The maximum Gasteiger partial charge on any atom is 0.225 e. The van der Waals surface area contributed by atoms with Crippen LogP contribution in [-0.4, -0.2) is 31.1 Å². The largest absolute Gasteiger partial charge is 0.467 e. The van der Waals surface area contributed by atoms with E-state index in [1.54, 1.807) is 18.3 Å². The number of carbonyl (C=O) groups is 1. The molecule has 0 aliphatic carbocycles. The molecule has 0 radical (unpaired) electrons. The third-order valence-electron chi connectivity index (χ3n) is 2.84. The second-order valence-corrected chi connectivity index (χ2v) is 4.14. The summed E-state index contributed by atoms with van der Waals surface area (Å²) < 4.78 is 10.3. The zero-order valence-electron chi connectivity index (χ0n) is 10.8. The molecule has 1 unspecified atom stereocenters. The highest BCUT2D eigenvalue weighted by Gasteiger charge is 2.19. The van der Waals surface area contributed by atoms with Crippen LogP contribution in [0.15, 0.2) is 22.8 Å². The zero-order chi connectivity index (χ0) is 12.7. The van der Waals surface area contributed by atoms with E-state index in [2.05, 4.69) is 0 Å². The quantitative estimate of drug-likeness (QED) is 0.733. The van der Waals surface area contributed by atoms with Crippen LogP contribution in [0.1, 0.15) is 26.0 Å². The molecule has 0 saturated carbocycles. The summed E-state index contributed by atoms with van der Waals surface area (Å²) in [5, 5.41) is 0. The van der Waals surface area contributed by atoms with Crippen LogP contribution >= 0.6 is 0 Å². The fourth-order valence-corrected chi connectivity index (χ4v) is 1.55. The van der Waals surface area contributed by atoms with E-state index < -0.39 is 0 Å². The first-order chi connectivity index (χ1) is 8.19. The highest BCUT2D eigenvalue weighted by atomic mass is 16.5. The average Bonchev–Trinajstić information content (AvgIpc) is 2.85. The summed E-state index contributed by atoms with van der Waals surface area (Å²) in [5.74, 6) is 1.00. The topological polar surface area (TPSA) is 42.7 Å². The molecule has 1 heterocycles. The van der Waals surface area contributed by atoms with E-state index in [4.69, 9.17) is 9.15 Å². The second kappa shape index (κ2) is 7.12. The standard InChI is InChI=1S/C13H21NO3/c1-4-11(2)13(15)14(7-9-16-3)10-12-6-5-8-17-12/h5-6,8,11H,4,7,9-10H2,1-3H3. The van der Waals surface area contributed by atoms with Gasteiger partial charge in [-0.3, -0.25) is 4.79 Å². The van der Waals surface area contributed by atoms with Gasteiger partial charge in [0.1, 0.15) is 5.76 Å². The van der Waals surface area contributed by atoms with Gasteiger partial charge < -0.3 is 14.1 Å². The monoisotopic (exact) mass is 239 g/mol. The predicted molar refractivity (Wildman–Crippen MR) is 65.5 cm³/mol. The van der Waals surface area contributed by atoms with Crippen LogP contribution in [0, 0.1) is 5.92 Å². The molecular formula is C13H21NO3. The fraction of sp³-hybridized carbons (Fsp3) is 0.615. The van der Waals surface area contributed by atoms with Crippen LogP contribution in [0.5, 0.6) is 0 Å². The van der Waals surface area contributed by atoms with Gasteiger partial charge in [-0.15, -0.1) is 0 Å². The van der Waals surface area contributed by atoms with Crippen molar-refractivity contribution in [2.24, 2.45) is 5.92 Å². The second-order valence-electron chi connectivity index (χ2n) is 4.14. The lowest BCUT2D eigenvalue weighted by atomic mass is 10.1. The van der Waals surface area contributed by atoms with Crippen LogP contribution in [0.2, 0.25) is 0 Å². The Morgan fingerprint density at radius 1 is 1.59 bits per heavy atom. The molecule has 0 aliphatic heterocycles. The average molecular weight is 239 g/mol. The van der Waals surface area contributed by atoms with E-state index in [1.165, 1.54) is 0 Å². The Labute approximate surface area is 103 Å². The maximum atomic E-state index is 12.1. The Hall–Kier alpha value is -1.29. The number of rotatable bonds is 7. The van der Waals surface area contributed by atoms with Crippen molar-refractivity contribution in [2.75, 3.05) is 20.3 Å². The molecule has 1 amide bonds. The Bertz CT molecular complexity index is 321. The van der Waals surface area contributed by atoms with Crippen molar-refractivity contribution < 1.29 is 13.9 Å². The summed E-state index contributed by atoms with van der Waals surface area (Å²) >= 11 is 0. The van der Waals surface area contributed by atoms with E-state index in [1.807, 2.05) is 26.0 Å². The SMILES string of the molecule is CCC(C)C(=O)N(CCOC)Cc1ccco1. The van der Waals surface area contributed by atoms with Crippen molar-refractivity contribution in [1.29, 1.82) is 0 Å². The highest BCUT2D eigenvalue weighted by Crippen LogP contribution is 2.11. The van der Waals surface area contributed by atoms with Gasteiger partial charge in [-0.05, 0) is 18.6 Å². The van der Waals surface area contributed by atoms with Gasteiger partial charge in [-0.1, -0.05) is 13.8 Å². The van der Waals surface area contributed by atoms with Crippen molar-refractivity contribution >= 4 is 5.91 Å². The van der Waals surface area contributed by atoms with Crippen molar-refractivity contribution in [3.8, 4) is 0 Å². The number of nitrogens with zero attached hydrogens (tertiary/aromatic N) is 1. The molecule has 1 aromatic heterocycles. The molecule has 1 aromatic rings. The molecule has 0 fully saturated rings. The lowest BCUT2D eigenvalue weighted by Gasteiger charge is -2.24. The zero-order valence-corrected chi connectivity index (χ0v) is 10.8. The Kier molecular flexibility index (Phi) is 5.77. The molecule has 17 heavy (non-hydrogen) atoms. The number of carbonyl (C=O) groups excluding carboxylic acids is 1. The molecule has 4 heteroatoms. The number of hydrogen-bond acceptors (Lipinski definition) is 3. The number of amides is 1. The number of ether oxygens (including phenoxy) is 1. The van der Waals surface area contributed by atoms with Crippen LogP contribution in [0.4, 0.5) is 0 Å². The molecule has 4 nitrogen and oxygen atoms in total. The number of methoxy groups -OCH3 is 1. The first-order valence-corrected chi connectivity index (χ1v) is 5.99. The molecule has 1 atom stereocenters. The van der Waals surface area contributed by atoms with Gasteiger partial charge in [0.2, 0.25) is 5.91 Å². The van der Waals surface area contributed by atoms with Crippen LogP contribution < -0.4 is 0 Å². The number of hydrogen-bond donors (Lipinski definition) is 0. The van der Waals surface area contributed by atoms with Crippen molar-refractivity contribution in [1.82, 2.24) is 4.90 Å². The Morgan fingerprint density at radius 3 is 2.88 bits per heavy atom. The third-order valence-corrected chi connectivity index (χ3v) is 2.84. The molecule has 1 rings (SSSR count). The van der Waals surface area contributed by atoms with Gasteiger partial charge in [0, 0.05) is 19.6 Å². The van der Waals surface area contributed by atoms with Crippen LogP contribution in [0.3, 0.4) is 0 Å². The van der Waals surface area contributed by atoms with Crippen molar-refractivity contribution in [3.05, 3.63) is 24.2 Å². The molecule has 0 N–H and O–H groups in total. The summed E-state index contributed by atoms with van der Waals surface area (Å²) in [6.45, 7) is 5.62. The van der Waals surface area contributed by atoms with Gasteiger partial charge in [-0.25, -0.2) is 0 Å². The third kappa shape index (κ3) is 4.23. The summed E-state index contributed by atoms with van der Waals surface area (Å²) in [6, 6.07) is 3.71. The molecule has 0 bridgehead atoms. The van der Waals surface area contributed by atoms with Gasteiger partial charge in [0.05, 0.1) is 19.4 Å². The normalized spacial score (nSPS) is 12.4.